The Morgan fingerprint density at radius 1 is 0.826 bits per heavy atom. The molecule has 3 aliphatic rings. The van der Waals surface area contributed by atoms with Gasteiger partial charge in [-0.2, -0.15) is 4.58 Å². The van der Waals surface area contributed by atoms with Gasteiger partial charge in [0.1, 0.15) is 0 Å². The molecule has 0 saturated heterocycles. The zero-order chi connectivity index (χ0) is 32.5. The van der Waals surface area contributed by atoms with E-state index in [0.29, 0.717) is 0 Å². The van der Waals surface area contributed by atoms with Crippen molar-refractivity contribution in [3.05, 3.63) is 153 Å². The zero-order valence-corrected chi connectivity index (χ0v) is 30.1. The molecule has 0 atom stereocenters. The minimum Gasteiger partial charge on any atom is -0.399 e. The molecule has 0 radical (unpaired) electrons. The van der Waals surface area contributed by atoms with E-state index in [-0.39, 0.29) is 10.8 Å². The minimum atomic E-state index is -0.144. The molecule has 0 saturated carbocycles. The third-order valence-electron chi connectivity index (χ3n) is 9.46. The lowest BCUT2D eigenvalue weighted by molar-refractivity contribution is -0.356. The number of hydrogen-bond donors (Lipinski definition) is 2. The number of benzene rings is 3. The van der Waals surface area contributed by atoms with Gasteiger partial charge in [0.15, 0.2) is 11.9 Å². The SMILES string of the molecule is CC1(C)C(/C=C/C2=C(Nc3cccc(N)c3)C(=C/C=C3/N(/C=C/Br)c4ccccc4C3(C)C)/CCC2)=[N+](/C=C/Br)c2ccccc21. The molecule has 2 heterocycles. The maximum absolute atomic E-state index is 6.22. The fourth-order valence-corrected chi connectivity index (χ4v) is 7.59. The van der Waals surface area contributed by atoms with E-state index in [1.54, 1.807) is 0 Å². The van der Waals surface area contributed by atoms with Crippen LogP contribution in [0.3, 0.4) is 0 Å². The standard InChI is InChI=1S/C40H40Br2N4/c1-39(2)32-15-5-7-17-34(32)45(25-23-41)36(39)21-19-28-11-9-12-29(38(28)44-31-14-10-13-30(43)27-31)20-22-37-40(3,4)33-16-6-8-18-35(33)46(37)26-24-42/h5-8,10,13-27H,9,11-12,43H2,1-4H3/p+1/b25-23+,26-24+,28-19+,36-21+. The monoisotopic (exact) mass is 735 g/mol. The largest absolute Gasteiger partial charge is 0.399 e. The van der Waals surface area contributed by atoms with Gasteiger partial charge in [0.05, 0.1) is 5.41 Å². The number of rotatable bonds is 7. The minimum absolute atomic E-state index is 0.144. The first kappa shape index (κ1) is 32.1. The van der Waals surface area contributed by atoms with Crippen molar-refractivity contribution in [3.8, 4) is 0 Å². The fourth-order valence-electron chi connectivity index (χ4n) is 7.11. The molecule has 4 nitrogen and oxygen atoms in total. The number of nitrogens with zero attached hydrogens (tertiary/aromatic N) is 2. The molecule has 46 heavy (non-hydrogen) atoms. The number of nitrogens with one attached hydrogen (secondary N) is 1. The number of para-hydroxylation sites is 2. The first-order valence-corrected chi connectivity index (χ1v) is 17.6. The van der Waals surface area contributed by atoms with Crippen molar-refractivity contribution in [2.45, 2.75) is 57.8 Å². The van der Waals surface area contributed by atoms with Gasteiger partial charge in [0.2, 0.25) is 5.69 Å². The Hall–Kier alpha value is -3.87. The van der Waals surface area contributed by atoms with Gasteiger partial charge < -0.3 is 16.0 Å². The molecule has 0 fully saturated rings. The highest BCUT2D eigenvalue weighted by atomic mass is 79.9. The van der Waals surface area contributed by atoms with Gasteiger partial charge in [-0.3, -0.25) is 0 Å². The van der Waals surface area contributed by atoms with Crippen LogP contribution in [0.2, 0.25) is 0 Å². The Labute approximate surface area is 290 Å². The van der Waals surface area contributed by atoms with E-state index in [1.807, 2.05) is 28.2 Å². The van der Waals surface area contributed by atoms with E-state index < -0.39 is 0 Å². The van der Waals surface area contributed by atoms with Gasteiger partial charge in [0.25, 0.3) is 0 Å². The molecule has 1 aliphatic carbocycles. The van der Waals surface area contributed by atoms with Gasteiger partial charge in [-0.05, 0) is 85.1 Å². The summed E-state index contributed by atoms with van der Waals surface area (Å²) in [6.07, 6.45) is 16.5. The molecular formula is C40H41Br2N4+. The Balaban J connectivity index is 1.47. The van der Waals surface area contributed by atoms with Crippen molar-refractivity contribution in [3.63, 3.8) is 0 Å². The summed E-state index contributed by atoms with van der Waals surface area (Å²) < 4.78 is 2.29. The molecule has 3 aromatic carbocycles. The lowest BCUT2D eigenvalue weighted by Crippen LogP contribution is -2.26. The predicted octanol–water partition coefficient (Wildman–Crippen LogP) is 11.1. The Bertz CT molecular complexity index is 1880. The topological polar surface area (TPSA) is 44.3 Å². The number of hydrogen-bond acceptors (Lipinski definition) is 3. The Morgan fingerprint density at radius 2 is 1.59 bits per heavy atom. The maximum atomic E-state index is 6.22. The molecule has 2 aliphatic heterocycles. The average Bonchev–Trinajstić information content (AvgIpc) is 3.39. The number of halogens is 2. The number of fused-ring (bicyclic) bond motifs is 2. The Kier molecular flexibility index (Phi) is 9.13. The average molecular weight is 738 g/mol. The Morgan fingerprint density at radius 3 is 2.35 bits per heavy atom. The third-order valence-corrected chi connectivity index (χ3v) is 9.93. The summed E-state index contributed by atoms with van der Waals surface area (Å²) in [7, 11) is 0. The number of nitrogens with two attached hydrogens (primary N) is 1. The van der Waals surface area contributed by atoms with E-state index in [0.717, 1.165) is 36.3 Å². The van der Waals surface area contributed by atoms with Crippen LogP contribution in [-0.2, 0) is 10.8 Å². The predicted molar refractivity (Wildman–Crippen MR) is 203 cm³/mol. The van der Waals surface area contributed by atoms with Crippen LogP contribution in [0.4, 0.5) is 22.7 Å². The quantitative estimate of drug-likeness (QED) is 0.187. The smallest absolute Gasteiger partial charge is 0.215 e. The molecule has 0 amide bonds. The summed E-state index contributed by atoms with van der Waals surface area (Å²) >= 11 is 7.06. The van der Waals surface area contributed by atoms with E-state index in [9.17, 15) is 0 Å². The van der Waals surface area contributed by atoms with Crippen LogP contribution in [-0.4, -0.2) is 10.3 Å². The van der Waals surface area contributed by atoms with E-state index >= 15 is 0 Å². The van der Waals surface area contributed by atoms with Crippen LogP contribution < -0.4 is 16.0 Å². The lowest BCUT2D eigenvalue weighted by atomic mass is 9.81. The summed E-state index contributed by atoms with van der Waals surface area (Å²) in [6.45, 7) is 9.23. The maximum Gasteiger partial charge on any atom is 0.215 e. The highest BCUT2D eigenvalue weighted by Gasteiger charge is 2.43. The van der Waals surface area contributed by atoms with Gasteiger partial charge in [-0.1, -0.05) is 100 Å². The second-order valence-electron chi connectivity index (χ2n) is 13.0. The second-order valence-corrected chi connectivity index (χ2v) is 14.1. The van der Waals surface area contributed by atoms with Crippen LogP contribution in [0.15, 0.2) is 142 Å². The molecule has 0 unspecified atom stereocenters. The van der Waals surface area contributed by atoms with Gasteiger partial charge in [-0.25, -0.2) is 0 Å². The van der Waals surface area contributed by atoms with Crippen molar-refractivity contribution < 1.29 is 4.58 Å². The van der Waals surface area contributed by atoms with Gasteiger partial charge >= 0.3 is 0 Å². The van der Waals surface area contributed by atoms with E-state index in [2.05, 4.69) is 166 Å². The number of nitrogen functional groups attached to an aromatic ring is 1. The molecule has 3 aromatic rings. The zero-order valence-electron chi connectivity index (χ0n) is 26.9. The molecule has 6 heteroatoms. The summed E-state index contributed by atoms with van der Waals surface area (Å²) in [5.74, 6) is 0. The molecule has 6 rings (SSSR count). The van der Waals surface area contributed by atoms with Crippen molar-refractivity contribution in [1.82, 2.24) is 0 Å². The van der Waals surface area contributed by atoms with Crippen LogP contribution in [0.1, 0.15) is 58.1 Å². The van der Waals surface area contributed by atoms with Crippen LogP contribution in [0, 0.1) is 0 Å². The van der Waals surface area contributed by atoms with E-state index in [4.69, 9.17) is 5.73 Å². The highest BCUT2D eigenvalue weighted by Crippen LogP contribution is 2.48. The normalized spacial score (nSPS) is 20.6. The third kappa shape index (κ3) is 5.89. The lowest BCUT2D eigenvalue weighted by Gasteiger charge is -2.26. The van der Waals surface area contributed by atoms with Gasteiger partial charge in [-0.15, -0.1) is 0 Å². The van der Waals surface area contributed by atoms with Crippen LogP contribution in [0.25, 0.3) is 0 Å². The van der Waals surface area contributed by atoms with Crippen LogP contribution in [0.5, 0.6) is 0 Å². The fraction of sp³-hybridized carbons (Fsp3) is 0.225. The number of allylic oxidation sites excluding steroid dienone is 7. The summed E-state index contributed by atoms with van der Waals surface area (Å²) in [5.41, 5.74) is 18.9. The van der Waals surface area contributed by atoms with Crippen molar-refractivity contribution in [2.75, 3.05) is 16.0 Å². The van der Waals surface area contributed by atoms with E-state index in [1.165, 1.54) is 45.1 Å². The first-order valence-electron chi connectivity index (χ1n) is 15.8. The molecule has 0 bridgehead atoms. The molecule has 0 aromatic heterocycles. The first-order chi connectivity index (χ1) is 22.2. The highest BCUT2D eigenvalue weighted by molar-refractivity contribution is 9.11. The summed E-state index contributed by atoms with van der Waals surface area (Å²) in [6, 6.07) is 25.4. The molecule has 234 valence electrons. The number of anilines is 3. The van der Waals surface area contributed by atoms with Crippen molar-refractivity contribution in [1.29, 1.82) is 0 Å². The molecule has 0 spiro atoms. The second kappa shape index (κ2) is 13.1. The van der Waals surface area contributed by atoms with Gasteiger partial charge in [0, 0.05) is 62.8 Å². The molecule has 3 N–H and O–H groups in total. The van der Waals surface area contributed by atoms with Crippen molar-refractivity contribution in [2.24, 2.45) is 0 Å². The van der Waals surface area contributed by atoms with Crippen LogP contribution >= 0.6 is 31.9 Å². The summed E-state index contributed by atoms with van der Waals surface area (Å²) in [5, 5.41) is 3.79. The van der Waals surface area contributed by atoms with Crippen molar-refractivity contribution >= 4 is 60.3 Å². The summed E-state index contributed by atoms with van der Waals surface area (Å²) in [4.78, 5) is 6.15. The molecular weight excluding hydrogens is 696 g/mol.